The van der Waals surface area contributed by atoms with Crippen molar-refractivity contribution < 1.29 is 14.1 Å². The number of carbonyl (C=O) groups excluding carboxylic acids is 1. The third kappa shape index (κ3) is 4.85. The minimum absolute atomic E-state index is 0.0402. The van der Waals surface area contributed by atoms with Crippen molar-refractivity contribution in [3.63, 3.8) is 0 Å². The van der Waals surface area contributed by atoms with Gasteiger partial charge in [0.05, 0.1) is 4.92 Å². The van der Waals surface area contributed by atoms with Crippen molar-refractivity contribution in [2.75, 3.05) is 11.1 Å². The molecule has 0 saturated carbocycles. The molecule has 1 amide bonds. The van der Waals surface area contributed by atoms with Gasteiger partial charge in [-0.25, -0.2) is 4.39 Å². The Morgan fingerprint density at radius 3 is 2.36 bits per heavy atom. The molecule has 0 saturated heterocycles. The molecule has 0 atom stereocenters. The summed E-state index contributed by atoms with van der Waals surface area (Å²) in [4.78, 5) is 22.7. The van der Waals surface area contributed by atoms with Crippen LogP contribution in [-0.2, 0) is 4.79 Å². The van der Waals surface area contributed by atoms with Gasteiger partial charge in [-0.1, -0.05) is 0 Å². The summed E-state index contributed by atoms with van der Waals surface area (Å²) in [7, 11) is 0. The molecule has 2 rings (SSSR count). The van der Waals surface area contributed by atoms with E-state index >= 15 is 0 Å². The Hall–Kier alpha value is -2.41. The zero-order valence-electron chi connectivity index (χ0n) is 11.5. The largest absolute Gasteiger partial charge is 0.326 e. The van der Waals surface area contributed by atoms with Gasteiger partial charge in [0.1, 0.15) is 5.82 Å². The van der Waals surface area contributed by atoms with E-state index in [2.05, 4.69) is 5.32 Å². The minimum Gasteiger partial charge on any atom is -0.326 e. The third-order valence-corrected chi connectivity index (χ3v) is 3.79. The maximum atomic E-state index is 12.7. The lowest BCUT2D eigenvalue weighted by Gasteiger charge is -2.05. The highest BCUT2D eigenvalue weighted by Gasteiger charge is 2.06. The molecule has 0 fully saturated rings. The molecule has 0 aliphatic carbocycles. The highest BCUT2D eigenvalue weighted by Crippen LogP contribution is 2.22. The number of nitrogens with zero attached hydrogens (tertiary/aromatic N) is 1. The summed E-state index contributed by atoms with van der Waals surface area (Å²) in [5.41, 5.74) is 0.588. The van der Waals surface area contributed by atoms with Crippen molar-refractivity contribution in [3.8, 4) is 0 Å². The van der Waals surface area contributed by atoms with Crippen LogP contribution in [-0.4, -0.2) is 16.6 Å². The van der Waals surface area contributed by atoms with Crippen LogP contribution < -0.4 is 5.32 Å². The van der Waals surface area contributed by atoms with Crippen LogP contribution in [0.5, 0.6) is 0 Å². The Labute approximate surface area is 130 Å². The van der Waals surface area contributed by atoms with E-state index in [1.807, 2.05) is 0 Å². The molecule has 5 nitrogen and oxygen atoms in total. The number of benzene rings is 2. The molecule has 1 N–H and O–H groups in total. The molecular weight excluding hydrogens is 307 g/mol. The third-order valence-electron chi connectivity index (χ3n) is 2.77. The van der Waals surface area contributed by atoms with Gasteiger partial charge in [-0.15, -0.1) is 11.8 Å². The predicted octanol–water partition coefficient (Wildman–Crippen LogP) is 3.85. The van der Waals surface area contributed by atoms with Gasteiger partial charge in [0.15, 0.2) is 0 Å². The number of halogens is 1. The van der Waals surface area contributed by atoms with Crippen LogP contribution in [0.2, 0.25) is 0 Å². The number of non-ortho nitro benzene ring substituents is 1. The van der Waals surface area contributed by atoms with E-state index in [9.17, 15) is 19.3 Å². The second kappa shape index (κ2) is 7.56. The fourth-order valence-electron chi connectivity index (χ4n) is 1.68. The zero-order chi connectivity index (χ0) is 15.9. The van der Waals surface area contributed by atoms with Crippen LogP contribution in [0.1, 0.15) is 6.42 Å². The minimum atomic E-state index is -0.454. The Kier molecular flexibility index (Phi) is 5.48. The van der Waals surface area contributed by atoms with E-state index in [1.165, 1.54) is 48.2 Å². The van der Waals surface area contributed by atoms with Crippen molar-refractivity contribution in [2.45, 2.75) is 11.3 Å². The van der Waals surface area contributed by atoms with Gasteiger partial charge in [-0.05, 0) is 36.4 Å². The number of rotatable bonds is 6. The Morgan fingerprint density at radius 2 is 1.77 bits per heavy atom. The fraction of sp³-hybridized carbons (Fsp3) is 0.133. The first-order chi connectivity index (χ1) is 10.5. The van der Waals surface area contributed by atoms with Gasteiger partial charge in [0.2, 0.25) is 5.91 Å². The number of amides is 1. The van der Waals surface area contributed by atoms with E-state index in [-0.39, 0.29) is 17.4 Å². The number of carbonyl (C=O) groups is 1. The average molecular weight is 320 g/mol. The van der Waals surface area contributed by atoms with Crippen molar-refractivity contribution in [1.82, 2.24) is 0 Å². The lowest BCUT2D eigenvalue weighted by Crippen LogP contribution is -2.12. The predicted molar refractivity (Wildman–Crippen MR) is 83.5 cm³/mol. The van der Waals surface area contributed by atoms with E-state index in [0.717, 1.165) is 4.90 Å². The second-order valence-electron chi connectivity index (χ2n) is 4.40. The standard InChI is InChI=1S/C15H13FN2O3S/c16-11-1-3-12(4-2-11)17-15(19)9-10-22-14-7-5-13(6-8-14)18(20)21/h1-8H,9-10H2,(H,17,19). The zero-order valence-corrected chi connectivity index (χ0v) is 12.3. The lowest BCUT2D eigenvalue weighted by atomic mass is 10.3. The lowest BCUT2D eigenvalue weighted by molar-refractivity contribution is -0.384. The van der Waals surface area contributed by atoms with Crippen molar-refractivity contribution in [2.24, 2.45) is 0 Å². The molecule has 0 spiro atoms. The molecule has 0 heterocycles. The number of hydrogen-bond acceptors (Lipinski definition) is 4. The van der Waals surface area contributed by atoms with Crippen LogP contribution in [0.3, 0.4) is 0 Å². The molecule has 0 aliphatic heterocycles. The molecule has 0 radical (unpaired) electrons. The highest BCUT2D eigenvalue weighted by molar-refractivity contribution is 7.99. The maximum Gasteiger partial charge on any atom is 0.269 e. The van der Waals surface area contributed by atoms with Gasteiger partial charge < -0.3 is 5.32 Å². The molecule has 0 aliphatic rings. The SMILES string of the molecule is O=C(CCSc1ccc([N+](=O)[O-])cc1)Nc1ccc(F)cc1. The summed E-state index contributed by atoms with van der Waals surface area (Å²) >= 11 is 1.44. The number of anilines is 1. The average Bonchev–Trinajstić information content (AvgIpc) is 2.50. The summed E-state index contributed by atoms with van der Waals surface area (Å²) in [5, 5.41) is 13.2. The normalized spacial score (nSPS) is 10.2. The number of thioether (sulfide) groups is 1. The van der Waals surface area contributed by atoms with Crippen LogP contribution in [0.15, 0.2) is 53.4 Å². The Balaban J connectivity index is 1.77. The van der Waals surface area contributed by atoms with Gasteiger partial charge in [0.25, 0.3) is 5.69 Å². The van der Waals surface area contributed by atoms with Gasteiger partial charge >= 0.3 is 0 Å². The summed E-state index contributed by atoms with van der Waals surface area (Å²) in [5.74, 6) is 0.0259. The topological polar surface area (TPSA) is 72.2 Å². The molecule has 7 heteroatoms. The van der Waals surface area contributed by atoms with Gasteiger partial charge in [0, 0.05) is 34.9 Å². The Morgan fingerprint density at radius 1 is 1.14 bits per heavy atom. The fourth-order valence-corrected chi connectivity index (χ4v) is 2.53. The first-order valence-corrected chi connectivity index (χ1v) is 7.46. The summed E-state index contributed by atoms with van der Waals surface area (Å²) in [6, 6.07) is 11.7. The summed E-state index contributed by atoms with van der Waals surface area (Å²) in [6.07, 6.45) is 0.291. The molecular formula is C15H13FN2O3S. The number of nitro benzene ring substituents is 1. The quantitative estimate of drug-likeness (QED) is 0.498. The molecule has 2 aromatic carbocycles. The van der Waals surface area contributed by atoms with Crippen LogP contribution >= 0.6 is 11.8 Å². The molecule has 0 bridgehead atoms. The van der Waals surface area contributed by atoms with Crippen molar-refractivity contribution >= 4 is 29.0 Å². The molecule has 0 aromatic heterocycles. The van der Waals surface area contributed by atoms with Crippen molar-refractivity contribution in [1.29, 1.82) is 0 Å². The molecule has 2 aromatic rings. The van der Waals surface area contributed by atoms with Crippen LogP contribution in [0.25, 0.3) is 0 Å². The van der Waals surface area contributed by atoms with Crippen LogP contribution in [0.4, 0.5) is 15.8 Å². The van der Waals surface area contributed by atoms with E-state index in [1.54, 1.807) is 12.1 Å². The first-order valence-electron chi connectivity index (χ1n) is 6.47. The van der Waals surface area contributed by atoms with Gasteiger partial charge in [-0.3, -0.25) is 14.9 Å². The molecule has 22 heavy (non-hydrogen) atoms. The first kappa shape index (κ1) is 16.0. The number of nitrogens with one attached hydrogen (secondary N) is 1. The van der Waals surface area contributed by atoms with Gasteiger partial charge in [-0.2, -0.15) is 0 Å². The van der Waals surface area contributed by atoms with E-state index in [0.29, 0.717) is 17.9 Å². The maximum absolute atomic E-state index is 12.7. The smallest absolute Gasteiger partial charge is 0.269 e. The van der Waals surface area contributed by atoms with E-state index < -0.39 is 4.92 Å². The van der Waals surface area contributed by atoms with Crippen molar-refractivity contribution in [3.05, 3.63) is 64.5 Å². The Bertz CT molecular complexity index is 659. The number of nitro groups is 1. The molecule has 0 unspecified atom stereocenters. The summed E-state index contributed by atoms with van der Waals surface area (Å²) < 4.78 is 12.7. The number of hydrogen-bond donors (Lipinski definition) is 1. The molecule has 114 valence electrons. The summed E-state index contributed by atoms with van der Waals surface area (Å²) in [6.45, 7) is 0. The second-order valence-corrected chi connectivity index (χ2v) is 5.57. The van der Waals surface area contributed by atoms with E-state index in [4.69, 9.17) is 0 Å². The highest BCUT2D eigenvalue weighted by atomic mass is 32.2. The van der Waals surface area contributed by atoms with Crippen LogP contribution in [0, 0.1) is 15.9 Å². The monoisotopic (exact) mass is 320 g/mol.